The number of aromatic hydroxyl groups is 1. The van der Waals surface area contributed by atoms with Crippen LogP contribution in [0.25, 0.3) is 10.9 Å². The summed E-state index contributed by atoms with van der Waals surface area (Å²) >= 11 is 5.24. The Bertz CT molecular complexity index is 966. The van der Waals surface area contributed by atoms with E-state index in [0.29, 0.717) is 17.3 Å². The fraction of sp³-hybridized carbons (Fsp3) is 0.286. The van der Waals surface area contributed by atoms with Crippen LogP contribution < -0.4 is 5.32 Å². The number of rotatable bonds is 7. The van der Waals surface area contributed by atoms with Gasteiger partial charge in [-0.2, -0.15) is 0 Å². The second kappa shape index (κ2) is 9.43. The first-order valence-corrected chi connectivity index (χ1v) is 9.65. The molecule has 0 atom stereocenters. The molecule has 2 aromatic carbocycles. The highest BCUT2D eigenvalue weighted by Crippen LogP contribution is 2.39. The number of hydrogen-bond donors (Lipinski definition) is 2. The van der Waals surface area contributed by atoms with Crippen LogP contribution >= 0.6 is 12.2 Å². The van der Waals surface area contributed by atoms with Gasteiger partial charge in [0, 0.05) is 11.9 Å². The number of nitrogens with one attached hydrogen (secondary N) is 1. The molecule has 0 aliphatic heterocycles. The zero-order valence-electron chi connectivity index (χ0n) is 16.2. The van der Waals surface area contributed by atoms with E-state index in [-0.39, 0.29) is 5.88 Å². The molecule has 0 fully saturated rings. The Morgan fingerprint density at radius 3 is 2.57 bits per heavy atom. The summed E-state index contributed by atoms with van der Waals surface area (Å²) in [6.45, 7) is 2.26. The first kappa shape index (κ1) is 20.0. The average Bonchev–Trinajstić information content (AvgIpc) is 2.96. The number of fused-ring (bicyclic) bond motifs is 1. The maximum Gasteiger partial charge on any atom is 0.221 e. The molecule has 2 N–H and O–H groups in total. The summed E-state index contributed by atoms with van der Waals surface area (Å²) in [7, 11) is 4.07. The lowest BCUT2D eigenvalue weighted by Crippen LogP contribution is -2.24. The Hall–Kier alpha value is -2.77. The topological polar surface area (TPSA) is 65.2 Å². The third-order valence-electron chi connectivity index (χ3n) is 4.40. The molecular formula is C21H25N5OS. The number of hydrogen-bond acceptors (Lipinski definition) is 4. The van der Waals surface area contributed by atoms with E-state index >= 15 is 0 Å². The molecule has 0 unspecified atom stereocenters. The molecule has 0 aliphatic carbocycles. The van der Waals surface area contributed by atoms with Gasteiger partial charge in [-0.3, -0.25) is 0 Å². The molecule has 1 aromatic heterocycles. The van der Waals surface area contributed by atoms with E-state index in [1.165, 1.54) is 0 Å². The van der Waals surface area contributed by atoms with E-state index in [1.54, 1.807) is 0 Å². The van der Waals surface area contributed by atoms with E-state index < -0.39 is 0 Å². The van der Waals surface area contributed by atoms with Crippen molar-refractivity contribution in [1.82, 2.24) is 14.8 Å². The van der Waals surface area contributed by atoms with E-state index in [1.807, 2.05) is 73.3 Å². The molecule has 28 heavy (non-hydrogen) atoms. The highest BCUT2D eigenvalue weighted by molar-refractivity contribution is 7.80. The molecule has 0 amide bonds. The first-order chi connectivity index (χ1) is 13.6. The van der Waals surface area contributed by atoms with Crippen molar-refractivity contribution in [3.8, 4) is 5.88 Å². The molecule has 0 saturated heterocycles. The van der Waals surface area contributed by atoms with Crippen LogP contribution in [0.2, 0.25) is 0 Å². The third kappa shape index (κ3) is 4.94. The van der Waals surface area contributed by atoms with E-state index in [0.717, 1.165) is 36.0 Å². The van der Waals surface area contributed by atoms with Crippen LogP contribution in [0.3, 0.4) is 0 Å². The van der Waals surface area contributed by atoms with Gasteiger partial charge in [-0.1, -0.05) is 48.5 Å². The number of azo groups is 1. The Kier molecular flexibility index (Phi) is 6.73. The standard InChI is InChI=1S/C21H25N5OS/c1-25(2)14-8-13-22-21(28)24-23-19-17-11-6-7-12-18(17)26(20(19)27)15-16-9-4-3-5-10-16/h3-7,9-12,27H,8,13-15H2,1-2H3,(H,22,28). The number of para-hydroxylation sites is 1. The lowest BCUT2D eigenvalue weighted by Gasteiger charge is -2.09. The molecule has 3 aromatic rings. The molecule has 1 heterocycles. The van der Waals surface area contributed by atoms with Gasteiger partial charge in [0.2, 0.25) is 11.0 Å². The quantitative estimate of drug-likeness (QED) is 0.356. The van der Waals surface area contributed by atoms with Gasteiger partial charge in [-0.05, 0) is 50.9 Å². The SMILES string of the molecule is CN(C)CCCNC(=S)N=Nc1c(O)n(Cc2ccccc2)c2ccccc12. The fourth-order valence-corrected chi connectivity index (χ4v) is 3.16. The molecule has 0 bridgehead atoms. The fourth-order valence-electron chi connectivity index (χ4n) is 3.02. The molecule has 146 valence electrons. The predicted octanol–water partition coefficient (Wildman–Crippen LogP) is 4.31. The minimum absolute atomic E-state index is 0.0872. The van der Waals surface area contributed by atoms with E-state index in [2.05, 4.69) is 20.4 Å². The van der Waals surface area contributed by atoms with Crippen LogP contribution in [0.5, 0.6) is 5.88 Å². The van der Waals surface area contributed by atoms with E-state index in [4.69, 9.17) is 12.2 Å². The minimum Gasteiger partial charge on any atom is -0.493 e. The lowest BCUT2D eigenvalue weighted by atomic mass is 10.2. The number of aromatic nitrogens is 1. The van der Waals surface area contributed by atoms with Crippen molar-refractivity contribution in [2.75, 3.05) is 27.2 Å². The predicted molar refractivity (Wildman–Crippen MR) is 117 cm³/mol. The summed E-state index contributed by atoms with van der Waals surface area (Å²) < 4.78 is 1.84. The summed E-state index contributed by atoms with van der Waals surface area (Å²) in [5.74, 6) is 0.0872. The van der Waals surface area contributed by atoms with Crippen molar-refractivity contribution >= 4 is 33.9 Å². The number of thiocarbonyl (C=S) groups is 1. The third-order valence-corrected chi connectivity index (χ3v) is 4.63. The van der Waals surface area contributed by atoms with Crippen LogP contribution in [0.15, 0.2) is 64.8 Å². The van der Waals surface area contributed by atoms with Gasteiger partial charge < -0.3 is 19.9 Å². The summed E-state index contributed by atoms with van der Waals surface area (Å²) in [6, 6.07) is 17.8. The van der Waals surface area contributed by atoms with Crippen molar-refractivity contribution in [2.24, 2.45) is 10.2 Å². The second-order valence-corrected chi connectivity index (χ2v) is 7.24. The molecule has 7 heteroatoms. The molecule has 3 rings (SSSR count). The number of benzene rings is 2. The molecule has 6 nitrogen and oxygen atoms in total. The minimum atomic E-state index is 0.0872. The Morgan fingerprint density at radius 2 is 1.82 bits per heavy atom. The molecule has 0 radical (unpaired) electrons. The Morgan fingerprint density at radius 1 is 1.11 bits per heavy atom. The normalized spacial score (nSPS) is 11.5. The highest BCUT2D eigenvalue weighted by atomic mass is 32.1. The molecule has 0 spiro atoms. The Labute approximate surface area is 170 Å². The smallest absolute Gasteiger partial charge is 0.221 e. The van der Waals surface area contributed by atoms with Gasteiger partial charge in [-0.15, -0.1) is 10.2 Å². The second-order valence-electron chi connectivity index (χ2n) is 6.85. The molecule has 0 aliphatic rings. The highest BCUT2D eigenvalue weighted by Gasteiger charge is 2.16. The van der Waals surface area contributed by atoms with E-state index in [9.17, 15) is 5.11 Å². The van der Waals surface area contributed by atoms with Crippen molar-refractivity contribution in [1.29, 1.82) is 0 Å². The monoisotopic (exact) mass is 395 g/mol. The van der Waals surface area contributed by atoms with Crippen LogP contribution in [-0.2, 0) is 6.54 Å². The van der Waals surface area contributed by atoms with Gasteiger partial charge in [0.05, 0.1) is 12.1 Å². The number of nitrogens with zero attached hydrogens (tertiary/aromatic N) is 4. The van der Waals surface area contributed by atoms with Gasteiger partial charge in [0.1, 0.15) is 0 Å². The Balaban J connectivity index is 1.79. The largest absolute Gasteiger partial charge is 0.493 e. The van der Waals surface area contributed by atoms with Crippen molar-refractivity contribution in [3.05, 3.63) is 60.2 Å². The summed E-state index contributed by atoms with van der Waals surface area (Å²) in [6.07, 6.45) is 0.963. The first-order valence-electron chi connectivity index (χ1n) is 9.24. The van der Waals surface area contributed by atoms with Gasteiger partial charge >= 0.3 is 0 Å². The van der Waals surface area contributed by atoms with Crippen molar-refractivity contribution in [2.45, 2.75) is 13.0 Å². The average molecular weight is 396 g/mol. The lowest BCUT2D eigenvalue weighted by molar-refractivity contribution is 0.400. The molecular weight excluding hydrogens is 370 g/mol. The van der Waals surface area contributed by atoms with Crippen LogP contribution in [-0.4, -0.2) is 46.9 Å². The zero-order chi connectivity index (χ0) is 19.9. The van der Waals surface area contributed by atoms with Gasteiger partial charge in [0.25, 0.3) is 0 Å². The van der Waals surface area contributed by atoms with Gasteiger partial charge in [0.15, 0.2) is 5.69 Å². The van der Waals surface area contributed by atoms with Crippen LogP contribution in [0.4, 0.5) is 5.69 Å². The van der Waals surface area contributed by atoms with Crippen LogP contribution in [0, 0.1) is 0 Å². The molecule has 0 saturated carbocycles. The summed E-state index contributed by atoms with van der Waals surface area (Å²) in [5.41, 5.74) is 2.44. The summed E-state index contributed by atoms with van der Waals surface area (Å²) in [5, 5.41) is 23.4. The van der Waals surface area contributed by atoms with Gasteiger partial charge in [-0.25, -0.2) is 0 Å². The van der Waals surface area contributed by atoms with Crippen molar-refractivity contribution in [3.63, 3.8) is 0 Å². The maximum atomic E-state index is 10.8. The zero-order valence-corrected chi connectivity index (χ0v) is 17.0. The maximum absolute atomic E-state index is 10.8. The van der Waals surface area contributed by atoms with Crippen molar-refractivity contribution < 1.29 is 5.11 Å². The van der Waals surface area contributed by atoms with Crippen LogP contribution in [0.1, 0.15) is 12.0 Å². The summed E-state index contributed by atoms with van der Waals surface area (Å²) in [4.78, 5) is 2.12.